The number of anilines is 2. The minimum absolute atomic E-state index is 0.00273. The lowest BCUT2D eigenvalue weighted by atomic mass is 10.2. The number of aromatic nitrogens is 3. The van der Waals surface area contributed by atoms with Gasteiger partial charge >= 0.3 is 0 Å². The molecule has 0 fully saturated rings. The fourth-order valence-electron chi connectivity index (χ4n) is 2.72. The van der Waals surface area contributed by atoms with Gasteiger partial charge in [-0.2, -0.15) is 0 Å². The maximum atomic E-state index is 11.7. The standard InChI is InChI=1S/C22H27N5O2/c1-4-5-6-7-9-18-15-27-13-12-23-22(27)21(25-18)24-17-10-8-11-19(14-17)29-16-20(28)26(2)3/h7-15H,4-6,16H2,1-3H3,(H,24,25). The third kappa shape index (κ3) is 5.57. The van der Waals surface area contributed by atoms with Gasteiger partial charge in [0, 0.05) is 44.4 Å². The smallest absolute Gasteiger partial charge is 0.259 e. The summed E-state index contributed by atoms with van der Waals surface area (Å²) in [4.78, 5) is 22.3. The molecular weight excluding hydrogens is 366 g/mol. The van der Waals surface area contributed by atoms with Crippen LogP contribution >= 0.6 is 0 Å². The number of amides is 1. The molecule has 1 N–H and O–H groups in total. The number of allylic oxidation sites excluding steroid dienone is 1. The van der Waals surface area contributed by atoms with Gasteiger partial charge in [0.1, 0.15) is 5.75 Å². The summed E-state index contributed by atoms with van der Waals surface area (Å²) in [5.74, 6) is 1.18. The van der Waals surface area contributed by atoms with Crippen molar-refractivity contribution in [3.05, 3.63) is 54.6 Å². The normalized spacial score (nSPS) is 11.1. The Labute approximate surface area is 171 Å². The maximum absolute atomic E-state index is 11.7. The number of rotatable bonds is 9. The van der Waals surface area contributed by atoms with Gasteiger partial charge in [-0.3, -0.25) is 4.79 Å². The molecule has 7 nitrogen and oxygen atoms in total. The number of hydrogen-bond donors (Lipinski definition) is 1. The van der Waals surface area contributed by atoms with Gasteiger partial charge in [-0.25, -0.2) is 9.97 Å². The molecule has 0 saturated heterocycles. The first-order chi connectivity index (χ1) is 14.1. The van der Waals surface area contributed by atoms with E-state index in [1.807, 2.05) is 47.1 Å². The predicted molar refractivity (Wildman–Crippen MR) is 115 cm³/mol. The van der Waals surface area contributed by atoms with Crippen LogP contribution in [-0.4, -0.2) is 45.9 Å². The number of carbonyl (C=O) groups excluding carboxylic acids is 1. The first-order valence-corrected chi connectivity index (χ1v) is 9.77. The molecule has 0 saturated carbocycles. The summed E-state index contributed by atoms with van der Waals surface area (Å²) >= 11 is 0. The number of hydrogen-bond acceptors (Lipinski definition) is 5. The molecule has 0 atom stereocenters. The lowest BCUT2D eigenvalue weighted by molar-refractivity contribution is -0.130. The van der Waals surface area contributed by atoms with E-state index in [0.717, 1.165) is 29.9 Å². The van der Waals surface area contributed by atoms with Crippen LogP contribution in [0.25, 0.3) is 11.7 Å². The molecule has 0 radical (unpaired) electrons. The Kier molecular flexibility index (Phi) is 6.84. The van der Waals surface area contributed by atoms with Crippen LogP contribution in [0.1, 0.15) is 31.9 Å². The Hall–Kier alpha value is -3.35. The third-order valence-corrected chi connectivity index (χ3v) is 4.36. The molecule has 0 unspecified atom stereocenters. The van der Waals surface area contributed by atoms with E-state index >= 15 is 0 Å². The summed E-state index contributed by atoms with van der Waals surface area (Å²) in [5.41, 5.74) is 2.41. The van der Waals surface area contributed by atoms with Gasteiger partial charge in [0.25, 0.3) is 5.91 Å². The molecule has 2 heterocycles. The molecule has 3 aromatic rings. The van der Waals surface area contributed by atoms with E-state index in [-0.39, 0.29) is 12.5 Å². The van der Waals surface area contributed by atoms with E-state index in [9.17, 15) is 4.79 Å². The van der Waals surface area contributed by atoms with Crippen LogP contribution in [0.3, 0.4) is 0 Å². The summed E-state index contributed by atoms with van der Waals surface area (Å²) in [6, 6.07) is 7.45. The highest BCUT2D eigenvalue weighted by atomic mass is 16.5. The van der Waals surface area contributed by atoms with Crippen LogP contribution in [0.2, 0.25) is 0 Å². The Morgan fingerprint density at radius 1 is 1.34 bits per heavy atom. The fraction of sp³-hybridized carbons (Fsp3) is 0.318. The van der Waals surface area contributed by atoms with E-state index in [2.05, 4.69) is 23.3 Å². The Morgan fingerprint density at radius 3 is 3.00 bits per heavy atom. The summed E-state index contributed by atoms with van der Waals surface area (Å²) in [6.07, 6.45) is 13.2. The lowest BCUT2D eigenvalue weighted by Crippen LogP contribution is -2.27. The van der Waals surface area contributed by atoms with Gasteiger partial charge in [-0.1, -0.05) is 31.9 Å². The molecule has 3 rings (SSSR count). The molecule has 1 aromatic carbocycles. The van der Waals surface area contributed by atoms with Crippen molar-refractivity contribution in [3.63, 3.8) is 0 Å². The first-order valence-electron chi connectivity index (χ1n) is 9.77. The molecule has 0 bridgehead atoms. The Balaban J connectivity index is 1.78. The van der Waals surface area contributed by atoms with Crippen molar-refractivity contribution < 1.29 is 9.53 Å². The van der Waals surface area contributed by atoms with Crippen LogP contribution < -0.4 is 10.1 Å². The zero-order valence-corrected chi connectivity index (χ0v) is 17.1. The average molecular weight is 393 g/mol. The van der Waals surface area contributed by atoms with Crippen LogP contribution in [0.15, 0.2) is 48.9 Å². The van der Waals surface area contributed by atoms with E-state index in [1.54, 1.807) is 20.3 Å². The third-order valence-electron chi connectivity index (χ3n) is 4.36. The second-order valence-corrected chi connectivity index (χ2v) is 6.95. The zero-order chi connectivity index (χ0) is 20.6. The van der Waals surface area contributed by atoms with Crippen molar-refractivity contribution in [2.75, 3.05) is 26.0 Å². The number of benzene rings is 1. The highest BCUT2D eigenvalue weighted by Crippen LogP contribution is 2.23. The predicted octanol–water partition coefficient (Wildman–Crippen LogP) is 4.14. The van der Waals surface area contributed by atoms with Gasteiger partial charge in [0.05, 0.1) is 5.69 Å². The van der Waals surface area contributed by atoms with Crippen molar-refractivity contribution in [1.29, 1.82) is 0 Å². The monoisotopic (exact) mass is 393 g/mol. The second kappa shape index (κ2) is 9.73. The zero-order valence-electron chi connectivity index (χ0n) is 17.1. The minimum Gasteiger partial charge on any atom is -0.484 e. The van der Waals surface area contributed by atoms with E-state index in [4.69, 9.17) is 9.72 Å². The molecule has 29 heavy (non-hydrogen) atoms. The Bertz CT molecular complexity index is 994. The first kappa shape index (κ1) is 20.4. The van der Waals surface area contributed by atoms with Gasteiger partial charge in [-0.05, 0) is 24.6 Å². The molecule has 0 aliphatic carbocycles. The highest BCUT2D eigenvalue weighted by molar-refractivity contribution is 5.77. The average Bonchev–Trinajstić information content (AvgIpc) is 3.18. The number of fused-ring (bicyclic) bond motifs is 1. The van der Waals surface area contributed by atoms with Crippen molar-refractivity contribution >= 4 is 29.1 Å². The summed E-state index contributed by atoms with van der Waals surface area (Å²) in [5, 5.41) is 3.32. The Morgan fingerprint density at radius 2 is 2.21 bits per heavy atom. The van der Waals surface area contributed by atoms with Crippen molar-refractivity contribution in [2.24, 2.45) is 0 Å². The number of ether oxygens (including phenoxy) is 1. The van der Waals surface area contributed by atoms with E-state index in [1.165, 1.54) is 11.3 Å². The summed E-state index contributed by atoms with van der Waals surface area (Å²) in [7, 11) is 3.41. The number of imidazole rings is 1. The topological polar surface area (TPSA) is 71.8 Å². The number of nitrogens with zero attached hydrogens (tertiary/aromatic N) is 4. The fourth-order valence-corrected chi connectivity index (χ4v) is 2.72. The molecular formula is C22H27N5O2. The van der Waals surface area contributed by atoms with Crippen LogP contribution in [-0.2, 0) is 4.79 Å². The van der Waals surface area contributed by atoms with Crippen molar-refractivity contribution in [1.82, 2.24) is 19.3 Å². The quantitative estimate of drug-likeness (QED) is 0.553. The van der Waals surface area contributed by atoms with Gasteiger partial charge < -0.3 is 19.4 Å². The minimum atomic E-state index is -0.0910. The molecule has 152 valence electrons. The van der Waals surface area contributed by atoms with Crippen LogP contribution in [0.5, 0.6) is 5.75 Å². The molecule has 7 heteroatoms. The maximum Gasteiger partial charge on any atom is 0.259 e. The SMILES string of the molecule is CCCCC=Cc1cn2ccnc2c(Nc2cccc(OCC(=O)N(C)C)c2)n1. The largest absolute Gasteiger partial charge is 0.484 e. The number of unbranched alkanes of at least 4 members (excludes halogenated alkanes) is 2. The molecule has 0 aliphatic rings. The molecule has 2 aromatic heterocycles. The van der Waals surface area contributed by atoms with Gasteiger partial charge in [0.2, 0.25) is 0 Å². The molecule has 1 amide bonds. The van der Waals surface area contributed by atoms with Gasteiger partial charge in [0.15, 0.2) is 18.1 Å². The van der Waals surface area contributed by atoms with Crippen LogP contribution in [0.4, 0.5) is 11.5 Å². The van der Waals surface area contributed by atoms with Crippen molar-refractivity contribution in [3.8, 4) is 5.75 Å². The summed E-state index contributed by atoms with van der Waals surface area (Å²) in [6.45, 7) is 2.18. The van der Waals surface area contributed by atoms with Crippen molar-refractivity contribution in [2.45, 2.75) is 26.2 Å². The molecule has 0 spiro atoms. The number of carbonyl (C=O) groups is 1. The van der Waals surface area contributed by atoms with Gasteiger partial charge in [-0.15, -0.1) is 0 Å². The summed E-state index contributed by atoms with van der Waals surface area (Å²) < 4.78 is 7.55. The highest BCUT2D eigenvalue weighted by Gasteiger charge is 2.09. The van der Waals surface area contributed by atoms with E-state index in [0.29, 0.717) is 11.6 Å². The molecule has 0 aliphatic heterocycles. The number of nitrogens with one attached hydrogen (secondary N) is 1. The number of likely N-dealkylation sites (N-methyl/N-ethyl adjacent to an activating group) is 1. The van der Waals surface area contributed by atoms with Crippen LogP contribution in [0, 0.1) is 0 Å². The van der Waals surface area contributed by atoms with E-state index < -0.39 is 0 Å². The lowest BCUT2D eigenvalue weighted by Gasteiger charge is -2.13. The second-order valence-electron chi connectivity index (χ2n) is 6.95.